The fourth-order valence-corrected chi connectivity index (χ4v) is 2.75. The van der Waals surface area contributed by atoms with Crippen molar-refractivity contribution in [2.24, 2.45) is 0 Å². The summed E-state index contributed by atoms with van der Waals surface area (Å²) in [6, 6.07) is 11.7. The third-order valence-electron chi connectivity index (χ3n) is 4.08. The maximum atomic E-state index is 12.9. The predicted molar refractivity (Wildman–Crippen MR) is 104 cm³/mol. The van der Waals surface area contributed by atoms with E-state index in [4.69, 9.17) is 4.74 Å². The van der Waals surface area contributed by atoms with Gasteiger partial charge in [0.1, 0.15) is 0 Å². The van der Waals surface area contributed by atoms with Crippen molar-refractivity contribution in [3.8, 4) is 0 Å². The zero-order valence-corrected chi connectivity index (χ0v) is 15.6. The number of imidazole rings is 1. The van der Waals surface area contributed by atoms with Crippen molar-refractivity contribution < 1.29 is 19.1 Å². The van der Waals surface area contributed by atoms with Crippen molar-refractivity contribution in [2.45, 2.75) is 13.3 Å². The molecule has 144 valence electrons. The van der Waals surface area contributed by atoms with E-state index in [1.807, 2.05) is 6.92 Å². The highest BCUT2D eigenvalue weighted by Gasteiger charge is 2.22. The Morgan fingerprint density at radius 1 is 1.07 bits per heavy atom. The first-order valence-corrected chi connectivity index (χ1v) is 8.80. The summed E-state index contributed by atoms with van der Waals surface area (Å²) in [6.07, 6.45) is 2.44. The van der Waals surface area contributed by atoms with Gasteiger partial charge in [0.25, 0.3) is 11.8 Å². The number of nitrogens with one attached hydrogen (secondary N) is 2. The Kier molecular flexibility index (Phi) is 5.69. The first-order chi connectivity index (χ1) is 13.6. The molecule has 0 radical (unpaired) electrons. The van der Waals surface area contributed by atoms with Crippen molar-refractivity contribution in [3.05, 3.63) is 65.7 Å². The molecule has 0 saturated carbocycles. The Morgan fingerprint density at radius 2 is 1.82 bits per heavy atom. The van der Waals surface area contributed by atoms with Crippen LogP contribution >= 0.6 is 0 Å². The van der Waals surface area contributed by atoms with Crippen LogP contribution in [0.3, 0.4) is 0 Å². The molecule has 3 rings (SSSR count). The van der Waals surface area contributed by atoms with E-state index in [0.29, 0.717) is 17.7 Å². The SMILES string of the molecule is CCCNC(=O)c1nc(C(=O)Nc2ccccc2C(=O)OC)n2ccccc12. The van der Waals surface area contributed by atoms with Gasteiger partial charge in [0.15, 0.2) is 5.69 Å². The van der Waals surface area contributed by atoms with Crippen LogP contribution in [0.1, 0.15) is 44.8 Å². The first kappa shape index (κ1) is 19.1. The molecule has 0 aliphatic carbocycles. The average Bonchev–Trinajstić information content (AvgIpc) is 3.12. The molecule has 8 nitrogen and oxygen atoms in total. The molecule has 2 heterocycles. The van der Waals surface area contributed by atoms with E-state index >= 15 is 0 Å². The zero-order valence-electron chi connectivity index (χ0n) is 15.6. The number of hydrogen-bond donors (Lipinski definition) is 2. The van der Waals surface area contributed by atoms with Gasteiger partial charge in [-0.05, 0) is 30.7 Å². The second-order valence-corrected chi connectivity index (χ2v) is 5.99. The van der Waals surface area contributed by atoms with Gasteiger partial charge in [-0.1, -0.05) is 25.1 Å². The van der Waals surface area contributed by atoms with Crippen molar-refractivity contribution in [1.29, 1.82) is 0 Å². The number of carbonyl (C=O) groups excluding carboxylic acids is 3. The number of nitrogens with zero attached hydrogens (tertiary/aromatic N) is 2. The Morgan fingerprint density at radius 3 is 2.57 bits per heavy atom. The van der Waals surface area contributed by atoms with Crippen molar-refractivity contribution >= 4 is 29.0 Å². The predicted octanol–water partition coefficient (Wildman–Crippen LogP) is 2.51. The smallest absolute Gasteiger partial charge is 0.339 e. The van der Waals surface area contributed by atoms with Crippen LogP contribution in [0.15, 0.2) is 48.7 Å². The van der Waals surface area contributed by atoms with Gasteiger partial charge in [0.2, 0.25) is 5.82 Å². The Labute approximate surface area is 161 Å². The summed E-state index contributed by atoms with van der Waals surface area (Å²) in [6.45, 7) is 2.46. The van der Waals surface area contributed by atoms with E-state index in [1.54, 1.807) is 48.7 Å². The molecule has 28 heavy (non-hydrogen) atoms. The standard InChI is InChI=1S/C20H20N4O4/c1-3-11-21-18(25)16-15-10-6-7-12-24(15)17(23-16)19(26)22-14-9-5-4-8-13(14)20(27)28-2/h4-10,12H,3,11H2,1-2H3,(H,21,25)(H,22,26). The van der Waals surface area contributed by atoms with Crippen LogP contribution in [0.5, 0.6) is 0 Å². The highest BCUT2D eigenvalue weighted by Crippen LogP contribution is 2.19. The van der Waals surface area contributed by atoms with Crippen LogP contribution in [0.4, 0.5) is 5.69 Å². The minimum absolute atomic E-state index is 0.0388. The minimum Gasteiger partial charge on any atom is -0.465 e. The third kappa shape index (κ3) is 3.71. The molecule has 0 atom stereocenters. The van der Waals surface area contributed by atoms with E-state index in [1.165, 1.54) is 11.5 Å². The van der Waals surface area contributed by atoms with E-state index in [2.05, 4.69) is 15.6 Å². The van der Waals surface area contributed by atoms with Crippen LogP contribution in [0, 0.1) is 0 Å². The number of aromatic nitrogens is 2. The molecule has 0 aliphatic rings. The Hall–Kier alpha value is -3.68. The van der Waals surface area contributed by atoms with E-state index in [9.17, 15) is 14.4 Å². The summed E-state index contributed by atoms with van der Waals surface area (Å²) in [5.41, 5.74) is 1.20. The second-order valence-electron chi connectivity index (χ2n) is 5.99. The van der Waals surface area contributed by atoms with Crippen LogP contribution in [0.2, 0.25) is 0 Å². The molecule has 3 aromatic rings. The Bertz CT molecular complexity index is 1040. The van der Waals surface area contributed by atoms with Gasteiger partial charge in [-0.15, -0.1) is 0 Å². The van der Waals surface area contributed by atoms with Crippen molar-refractivity contribution in [3.63, 3.8) is 0 Å². The molecule has 0 spiro atoms. The lowest BCUT2D eigenvalue weighted by Gasteiger charge is -2.09. The number of pyridine rings is 1. The number of methoxy groups -OCH3 is 1. The third-order valence-corrected chi connectivity index (χ3v) is 4.08. The number of hydrogen-bond acceptors (Lipinski definition) is 5. The summed E-state index contributed by atoms with van der Waals surface area (Å²) in [5.74, 6) is -1.42. The Balaban J connectivity index is 1.97. The normalized spacial score (nSPS) is 10.5. The number of esters is 1. The quantitative estimate of drug-likeness (QED) is 0.640. The number of amides is 2. The van der Waals surface area contributed by atoms with Crippen LogP contribution in [-0.4, -0.2) is 40.8 Å². The number of para-hydroxylation sites is 1. The number of carbonyl (C=O) groups is 3. The largest absolute Gasteiger partial charge is 0.465 e. The molecule has 0 saturated heterocycles. The molecule has 8 heteroatoms. The topological polar surface area (TPSA) is 102 Å². The fourth-order valence-electron chi connectivity index (χ4n) is 2.75. The number of fused-ring (bicyclic) bond motifs is 1. The fraction of sp³-hybridized carbons (Fsp3) is 0.200. The van der Waals surface area contributed by atoms with E-state index in [0.717, 1.165) is 6.42 Å². The molecule has 0 bridgehead atoms. The number of rotatable bonds is 6. The molecule has 2 amide bonds. The van der Waals surface area contributed by atoms with Crippen LogP contribution in [0.25, 0.3) is 5.52 Å². The average molecular weight is 380 g/mol. The summed E-state index contributed by atoms with van der Waals surface area (Å²) in [4.78, 5) is 41.4. The minimum atomic E-state index is -0.566. The summed E-state index contributed by atoms with van der Waals surface area (Å²) >= 11 is 0. The molecule has 2 aromatic heterocycles. The van der Waals surface area contributed by atoms with Gasteiger partial charge >= 0.3 is 5.97 Å². The highest BCUT2D eigenvalue weighted by molar-refractivity contribution is 6.08. The number of ether oxygens (including phenoxy) is 1. The van der Waals surface area contributed by atoms with Gasteiger partial charge in [-0.25, -0.2) is 9.78 Å². The monoisotopic (exact) mass is 380 g/mol. The number of benzene rings is 1. The van der Waals surface area contributed by atoms with Crippen molar-refractivity contribution in [2.75, 3.05) is 19.0 Å². The molecule has 2 N–H and O–H groups in total. The molecular formula is C20H20N4O4. The molecule has 1 aromatic carbocycles. The molecule has 0 fully saturated rings. The van der Waals surface area contributed by atoms with Crippen LogP contribution < -0.4 is 10.6 Å². The van der Waals surface area contributed by atoms with Crippen LogP contribution in [-0.2, 0) is 4.74 Å². The van der Waals surface area contributed by atoms with Gasteiger partial charge in [0, 0.05) is 12.7 Å². The molecule has 0 aliphatic heterocycles. The maximum Gasteiger partial charge on any atom is 0.339 e. The number of anilines is 1. The molecular weight excluding hydrogens is 360 g/mol. The lowest BCUT2D eigenvalue weighted by Crippen LogP contribution is -2.24. The summed E-state index contributed by atoms with van der Waals surface area (Å²) in [7, 11) is 1.27. The van der Waals surface area contributed by atoms with E-state index in [-0.39, 0.29) is 23.0 Å². The molecule has 0 unspecified atom stereocenters. The van der Waals surface area contributed by atoms with Gasteiger partial charge in [-0.2, -0.15) is 0 Å². The zero-order chi connectivity index (χ0) is 20.1. The van der Waals surface area contributed by atoms with E-state index < -0.39 is 11.9 Å². The lowest BCUT2D eigenvalue weighted by molar-refractivity contribution is 0.0601. The van der Waals surface area contributed by atoms with Gasteiger partial charge in [-0.3, -0.25) is 14.0 Å². The second kappa shape index (κ2) is 8.34. The maximum absolute atomic E-state index is 12.9. The summed E-state index contributed by atoms with van der Waals surface area (Å²) in [5, 5.41) is 5.44. The van der Waals surface area contributed by atoms with Gasteiger partial charge in [0.05, 0.1) is 23.9 Å². The lowest BCUT2D eigenvalue weighted by atomic mass is 10.2. The first-order valence-electron chi connectivity index (χ1n) is 8.80. The highest BCUT2D eigenvalue weighted by atomic mass is 16.5. The van der Waals surface area contributed by atoms with Crippen molar-refractivity contribution in [1.82, 2.24) is 14.7 Å². The summed E-state index contributed by atoms with van der Waals surface area (Å²) < 4.78 is 6.28. The van der Waals surface area contributed by atoms with Gasteiger partial charge < -0.3 is 15.4 Å².